The maximum Gasteiger partial charge on any atom is 0.412 e. The third-order valence-electron chi connectivity index (χ3n) is 1.67. The Bertz CT molecular complexity index is 148. The largest absolute Gasteiger partial charge is 0.441 e. The summed E-state index contributed by atoms with van der Waals surface area (Å²) in [5.74, 6) is 0. The van der Waals surface area contributed by atoms with Gasteiger partial charge in [0.05, 0.1) is 0 Å². The van der Waals surface area contributed by atoms with E-state index < -0.39 is 12.3 Å². The highest BCUT2D eigenvalue weighted by molar-refractivity contribution is 5.69. The van der Waals surface area contributed by atoms with E-state index >= 15 is 0 Å². The summed E-state index contributed by atoms with van der Waals surface area (Å²) in [6.45, 7) is 1.86. The Hall–Kier alpha value is -0.770. The van der Waals surface area contributed by atoms with E-state index in [0.717, 1.165) is 0 Å². The highest BCUT2D eigenvalue weighted by Crippen LogP contribution is 2.17. The third-order valence-corrected chi connectivity index (χ3v) is 1.67. The van der Waals surface area contributed by atoms with Gasteiger partial charge in [-0.3, -0.25) is 4.90 Å². The normalized spacial score (nSPS) is 32.7. The Labute approximate surface area is 59.4 Å². The second-order valence-electron chi connectivity index (χ2n) is 2.35. The molecule has 0 bridgehead atoms. The lowest BCUT2D eigenvalue weighted by molar-refractivity contribution is 0.0215. The van der Waals surface area contributed by atoms with Crippen molar-refractivity contribution in [1.82, 2.24) is 4.90 Å². The van der Waals surface area contributed by atoms with Crippen LogP contribution >= 0.6 is 0 Å². The number of amides is 1. The number of aliphatic hydroxyl groups is 1. The van der Waals surface area contributed by atoms with Crippen LogP contribution in [0.15, 0.2) is 0 Å². The lowest BCUT2D eigenvalue weighted by Crippen LogP contribution is -2.32. The van der Waals surface area contributed by atoms with E-state index in [9.17, 15) is 9.90 Å². The van der Waals surface area contributed by atoms with Gasteiger partial charge in [-0.2, -0.15) is 0 Å². The van der Waals surface area contributed by atoms with Gasteiger partial charge in [0.2, 0.25) is 0 Å². The predicted octanol–water partition coefficient (Wildman–Crippen LogP) is 0.165. The first-order chi connectivity index (χ1) is 4.66. The number of carbonyl (C=O) groups excluding carboxylic acids is 1. The summed E-state index contributed by atoms with van der Waals surface area (Å²) in [5.41, 5.74) is 0. The zero-order valence-electron chi connectivity index (χ0n) is 6.07. The molecule has 1 rings (SSSR count). The molecule has 10 heavy (non-hydrogen) atoms. The second kappa shape index (κ2) is 2.46. The third kappa shape index (κ3) is 0.945. The Kier molecular flexibility index (Phi) is 1.80. The first-order valence-electron chi connectivity index (χ1n) is 3.28. The van der Waals surface area contributed by atoms with Gasteiger partial charge < -0.3 is 9.84 Å². The Morgan fingerprint density at radius 3 is 2.60 bits per heavy atom. The van der Waals surface area contributed by atoms with Gasteiger partial charge in [0.25, 0.3) is 0 Å². The fourth-order valence-corrected chi connectivity index (χ4v) is 0.925. The highest BCUT2D eigenvalue weighted by atomic mass is 16.6. The van der Waals surface area contributed by atoms with Crippen molar-refractivity contribution >= 4 is 6.09 Å². The number of rotatable bonds is 1. The fourth-order valence-electron chi connectivity index (χ4n) is 0.925. The highest BCUT2D eigenvalue weighted by Gasteiger charge is 2.36. The molecule has 4 heteroatoms. The van der Waals surface area contributed by atoms with E-state index in [1.165, 1.54) is 11.9 Å². The molecular weight excluding hydrogens is 134 g/mol. The zero-order chi connectivity index (χ0) is 7.72. The fraction of sp³-hybridized carbons (Fsp3) is 0.833. The van der Waals surface area contributed by atoms with Crippen LogP contribution in [0.5, 0.6) is 0 Å². The van der Waals surface area contributed by atoms with E-state index in [1.54, 1.807) is 0 Å². The van der Waals surface area contributed by atoms with Gasteiger partial charge in [0.15, 0.2) is 6.23 Å². The minimum atomic E-state index is -0.766. The van der Waals surface area contributed by atoms with Crippen molar-refractivity contribution in [2.24, 2.45) is 0 Å². The number of ether oxygens (including phenoxy) is 1. The van der Waals surface area contributed by atoms with E-state index in [4.69, 9.17) is 4.74 Å². The molecule has 2 atom stereocenters. The van der Waals surface area contributed by atoms with E-state index in [-0.39, 0.29) is 6.10 Å². The molecule has 0 spiro atoms. The Morgan fingerprint density at radius 2 is 2.40 bits per heavy atom. The number of nitrogens with zero attached hydrogens (tertiary/aromatic N) is 1. The monoisotopic (exact) mass is 145 g/mol. The Balaban J connectivity index is 2.61. The molecular formula is C6H11NO3. The van der Waals surface area contributed by atoms with Gasteiger partial charge in [0, 0.05) is 7.05 Å². The molecule has 1 aliphatic heterocycles. The van der Waals surface area contributed by atoms with Crippen LogP contribution in [0.4, 0.5) is 4.79 Å². The molecule has 0 radical (unpaired) electrons. The van der Waals surface area contributed by atoms with Gasteiger partial charge >= 0.3 is 6.09 Å². The molecule has 1 heterocycles. The van der Waals surface area contributed by atoms with Gasteiger partial charge in [-0.15, -0.1) is 0 Å². The summed E-state index contributed by atoms with van der Waals surface area (Å²) >= 11 is 0. The topological polar surface area (TPSA) is 49.8 Å². The van der Waals surface area contributed by atoms with Gasteiger partial charge in [0.1, 0.15) is 6.10 Å². The number of likely N-dealkylation sites (N-methyl/N-ethyl adjacent to an activating group) is 1. The van der Waals surface area contributed by atoms with Gasteiger partial charge in [-0.05, 0) is 6.42 Å². The number of cyclic esters (lactones) is 1. The van der Waals surface area contributed by atoms with Crippen LogP contribution in [0.1, 0.15) is 13.3 Å². The summed E-state index contributed by atoms with van der Waals surface area (Å²) < 4.78 is 4.77. The van der Waals surface area contributed by atoms with Crippen LogP contribution < -0.4 is 0 Å². The van der Waals surface area contributed by atoms with Crippen molar-refractivity contribution in [1.29, 1.82) is 0 Å². The molecule has 4 nitrogen and oxygen atoms in total. The molecule has 0 aromatic rings. The van der Waals surface area contributed by atoms with Crippen molar-refractivity contribution in [3.8, 4) is 0 Å². The SMILES string of the molecule is CCC1OC(=O)N(C)C1O. The lowest BCUT2D eigenvalue weighted by Gasteiger charge is -2.12. The summed E-state index contributed by atoms with van der Waals surface area (Å²) in [5, 5.41) is 9.21. The van der Waals surface area contributed by atoms with E-state index in [2.05, 4.69) is 0 Å². The number of aliphatic hydroxyl groups excluding tert-OH is 1. The van der Waals surface area contributed by atoms with Gasteiger partial charge in [-0.1, -0.05) is 6.92 Å². The zero-order valence-corrected chi connectivity index (χ0v) is 6.07. The maximum absolute atomic E-state index is 10.7. The molecule has 0 aliphatic carbocycles. The standard InChI is InChI=1S/C6H11NO3/c1-3-4-5(8)7(2)6(9)10-4/h4-5,8H,3H2,1-2H3. The molecule has 1 aliphatic rings. The van der Waals surface area contributed by atoms with Crippen LogP contribution in [0, 0.1) is 0 Å². The Morgan fingerprint density at radius 1 is 1.80 bits per heavy atom. The summed E-state index contributed by atoms with van der Waals surface area (Å²) in [6, 6.07) is 0. The molecule has 0 aromatic carbocycles. The minimum Gasteiger partial charge on any atom is -0.441 e. The predicted molar refractivity (Wildman–Crippen MR) is 34.3 cm³/mol. The number of hydrogen-bond acceptors (Lipinski definition) is 3. The van der Waals surface area contributed by atoms with E-state index in [1.807, 2.05) is 6.92 Å². The summed E-state index contributed by atoms with van der Waals surface area (Å²) in [7, 11) is 1.52. The summed E-state index contributed by atoms with van der Waals surface area (Å²) in [6.07, 6.45) is -0.911. The van der Waals surface area contributed by atoms with Crippen LogP contribution in [0.2, 0.25) is 0 Å². The minimum absolute atomic E-state index is 0.350. The van der Waals surface area contributed by atoms with Gasteiger partial charge in [-0.25, -0.2) is 4.79 Å². The van der Waals surface area contributed by atoms with Crippen LogP contribution in [-0.2, 0) is 4.74 Å². The average Bonchev–Trinajstić information content (AvgIpc) is 2.17. The second-order valence-corrected chi connectivity index (χ2v) is 2.35. The molecule has 2 unspecified atom stereocenters. The van der Waals surface area contributed by atoms with Crippen LogP contribution in [0.3, 0.4) is 0 Å². The summed E-state index contributed by atoms with van der Waals surface area (Å²) in [4.78, 5) is 11.9. The molecule has 58 valence electrons. The van der Waals surface area contributed by atoms with Crippen molar-refractivity contribution in [2.45, 2.75) is 25.7 Å². The number of carbonyl (C=O) groups is 1. The lowest BCUT2D eigenvalue weighted by atomic mass is 10.2. The molecule has 0 saturated carbocycles. The smallest absolute Gasteiger partial charge is 0.412 e. The molecule has 1 fully saturated rings. The first kappa shape index (κ1) is 7.34. The van der Waals surface area contributed by atoms with E-state index in [0.29, 0.717) is 6.42 Å². The molecule has 1 N–H and O–H groups in total. The number of hydrogen-bond donors (Lipinski definition) is 1. The molecule has 1 saturated heterocycles. The maximum atomic E-state index is 10.7. The quantitative estimate of drug-likeness (QED) is 0.572. The van der Waals surface area contributed by atoms with Crippen molar-refractivity contribution < 1.29 is 14.6 Å². The van der Waals surface area contributed by atoms with Crippen LogP contribution in [-0.4, -0.2) is 35.5 Å². The average molecular weight is 145 g/mol. The van der Waals surface area contributed by atoms with Crippen molar-refractivity contribution in [3.63, 3.8) is 0 Å². The van der Waals surface area contributed by atoms with Crippen LogP contribution in [0.25, 0.3) is 0 Å². The molecule has 1 amide bonds. The van der Waals surface area contributed by atoms with Crippen molar-refractivity contribution in [2.75, 3.05) is 7.05 Å². The molecule has 0 aromatic heterocycles. The van der Waals surface area contributed by atoms with Crippen molar-refractivity contribution in [3.05, 3.63) is 0 Å². The first-order valence-corrected chi connectivity index (χ1v) is 3.28.